The van der Waals surface area contributed by atoms with Gasteiger partial charge < -0.3 is 9.15 Å². The second kappa shape index (κ2) is 10.5. The minimum Gasteiger partial charge on any atom is -0.455 e. The maximum absolute atomic E-state index is 6.62. The lowest BCUT2D eigenvalue weighted by Gasteiger charge is -2.20. The summed E-state index contributed by atoms with van der Waals surface area (Å²) in [5, 5.41) is 2.10. The zero-order chi connectivity index (χ0) is 29.7. The lowest BCUT2D eigenvalue weighted by atomic mass is 10.0. The molecule has 0 amide bonds. The van der Waals surface area contributed by atoms with E-state index in [0.717, 1.165) is 71.0 Å². The first-order valence-electron chi connectivity index (χ1n) is 14.7. The molecule has 2 aromatic heterocycles. The Labute approximate surface area is 263 Å². The highest BCUT2D eigenvalue weighted by atomic mass is 32.2. The van der Waals surface area contributed by atoms with Gasteiger partial charge in [-0.1, -0.05) is 115 Å². The Bertz CT molecular complexity index is 2330. The molecule has 0 spiro atoms. The standard InChI is InChI=1S/C39H23N3O2S/c1-3-10-24(11-4-1)37-40-38(25-12-5-2-6-13-25)42-39(41-37)27-18-20-29-30-15-9-14-28(36(30)44-33(29)22-27)26-19-21-32-35(23-26)45-34-17-8-7-16-31(34)43-32/h1-23H. The second-order valence-electron chi connectivity index (χ2n) is 10.8. The maximum atomic E-state index is 6.62. The molecule has 5 nitrogen and oxygen atoms in total. The van der Waals surface area contributed by atoms with E-state index < -0.39 is 0 Å². The van der Waals surface area contributed by atoms with Crippen molar-refractivity contribution in [1.29, 1.82) is 0 Å². The van der Waals surface area contributed by atoms with Crippen LogP contribution >= 0.6 is 11.8 Å². The van der Waals surface area contributed by atoms with Gasteiger partial charge in [-0.2, -0.15) is 0 Å². The first-order chi connectivity index (χ1) is 22.3. The van der Waals surface area contributed by atoms with E-state index >= 15 is 0 Å². The molecule has 0 saturated carbocycles. The van der Waals surface area contributed by atoms with Crippen LogP contribution in [0.15, 0.2) is 154 Å². The Morgan fingerprint density at radius 3 is 1.84 bits per heavy atom. The molecular weight excluding hydrogens is 575 g/mol. The molecule has 9 rings (SSSR count). The number of hydrogen-bond donors (Lipinski definition) is 0. The Morgan fingerprint density at radius 2 is 1.09 bits per heavy atom. The van der Waals surface area contributed by atoms with Gasteiger partial charge >= 0.3 is 0 Å². The van der Waals surface area contributed by atoms with Crippen LogP contribution in [0.3, 0.4) is 0 Å². The molecule has 6 heteroatoms. The van der Waals surface area contributed by atoms with Crippen LogP contribution in [0.1, 0.15) is 0 Å². The SMILES string of the molecule is c1ccc(-c2nc(-c3ccccc3)nc(-c3ccc4c(c3)oc3c(-c5ccc6c(c5)Sc5ccccc5O6)cccc34)n2)cc1. The van der Waals surface area contributed by atoms with Gasteiger partial charge in [-0.25, -0.2) is 15.0 Å². The number of para-hydroxylation sites is 2. The largest absolute Gasteiger partial charge is 0.455 e. The highest BCUT2D eigenvalue weighted by molar-refractivity contribution is 7.99. The molecular formula is C39H23N3O2S. The van der Waals surface area contributed by atoms with E-state index in [2.05, 4.69) is 48.5 Å². The minimum absolute atomic E-state index is 0.595. The van der Waals surface area contributed by atoms with Crippen molar-refractivity contribution >= 4 is 33.7 Å². The average Bonchev–Trinajstić information content (AvgIpc) is 3.49. The molecule has 8 aromatic rings. The van der Waals surface area contributed by atoms with Crippen molar-refractivity contribution in [3.63, 3.8) is 0 Å². The highest BCUT2D eigenvalue weighted by Gasteiger charge is 2.20. The molecule has 1 aliphatic heterocycles. The predicted molar refractivity (Wildman–Crippen MR) is 179 cm³/mol. The Kier molecular flexibility index (Phi) is 5.99. The van der Waals surface area contributed by atoms with E-state index in [9.17, 15) is 0 Å². The lowest BCUT2D eigenvalue weighted by Crippen LogP contribution is -2.00. The van der Waals surface area contributed by atoms with Crippen LogP contribution in [0, 0.1) is 0 Å². The highest BCUT2D eigenvalue weighted by Crippen LogP contribution is 2.48. The third-order valence-corrected chi connectivity index (χ3v) is 9.10. The van der Waals surface area contributed by atoms with Gasteiger partial charge in [0.2, 0.25) is 0 Å². The normalized spacial score (nSPS) is 12.1. The van der Waals surface area contributed by atoms with Crippen LogP contribution in [-0.2, 0) is 0 Å². The Hall–Kier alpha value is -5.72. The van der Waals surface area contributed by atoms with Crippen LogP contribution in [0.4, 0.5) is 0 Å². The van der Waals surface area contributed by atoms with Gasteiger partial charge in [-0.05, 0) is 42.0 Å². The number of benzene rings is 6. The molecule has 0 N–H and O–H groups in total. The third-order valence-electron chi connectivity index (χ3n) is 8.00. The number of fused-ring (bicyclic) bond motifs is 5. The number of nitrogens with zero attached hydrogens (tertiary/aromatic N) is 3. The van der Waals surface area contributed by atoms with E-state index in [1.54, 1.807) is 11.8 Å². The summed E-state index contributed by atoms with van der Waals surface area (Å²) in [6.45, 7) is 0. The van der Waals surface area contributed by atoms with Gasteiger partial charge in [0, 0.05) is 33.0 Å². The van der Waals surface area contributed by atoms with Gasteiger partial charge in [0.1, 0.15) is 22.7 Å². The smallest absolute Gasteiger partial charge is 0.164 e. The van der Waals surface area contributed by atoms with E-state index in [-0.39, 0.29) is 0 Å². The molecule has 0 saturated heterocycles. The molecule has 0 atom stereocenters. The first kappa shape index (κ1) is 25.7. The van der Waals surface area contributed by atoms with Gasteiger partial charge in [0.15, 0.2) is 17.5 Å². The summed E-state index contributed by atoms with van der Waals surface area (Å²) in [7, 11) is 0. The van der Waals surface area contributed by atoms with Crippen molar-refractivity contribution < 1.29 is 9.15 Å². The quantitative estimate of drug-likeness (QED) is 0.201. The summed E-state index contributed by atoms with van der Waals surface area (Å²) < 4.78 is 12.8. The average molecular weight is 598 g/mol. The van der Waals surface area contributed by atoms with Crippen LogP contribution in [0.5, 0.6) is 11.5 Å². The topological polar surface area (TPSA) is 61.0 Å². The van der Waals surface area contributed by atoms with Gasteiger partial charge in [-0.3, -0.25) is 0 Å². The summed E-state index contributed by atoms with van der Waals surface area (Å²) in [4.78, 5) is 16.8. The van der Waals surface area contributed by atoms with E-state index in [1.807, 2.05) is 91.0 Å². The Morgan fingerprint density at radius 1 is 0.444 bits per heavy atom. The van der Waals surface area contributed by atoms with Gasteiger partial charge in [0.25, 0.3) is 0 Å². The first-order valence-corrected chi connectivity index (χ1v) is 15.5. The number of aromatic nitrogens is 3. The molecule has 0 fully saturated rings. The zero-order valence-corrected chi connectivity index (χ0v) is 24.7. The van der Waals surface area contributed by atoms with E-state index in [0.29, 0.717) is 17.5 Å². The number of ether oxygens (including phenoxy) is 1. The predicted octanol–water partition coefficient (Wildman–Crippen LogP) is 10.7. The summed E-state index contributed by atoms with van der Waals surface area (Å²) in [5.41, 5.74) is 6.47. The molecule has 1 aliphatic rings. The van der Waals surface area contributed by atoms with E-state index in [4.69, 9.17) is 24.1 Å². The van der Waals surface area contributed by atoms with Crippen LogP contribution < -0.4 is 4.74 Å². The summed E-state index contributed by atoms with van der Waals surface area (Å²) >= 11 is 1.73. The summed E-state index contributed by atoms with van der Waals surface area (Å²) in [5.74, 6) is 3.61. The van der Waals surface area contributed by atoms with E-state index in [1.165, 1.54) is 0 Å². The van der Waals surface area contributed by atoms with Crippen LogP contribution in [0.25, 0.3) is 67.2 Å². The minimum atomic E-state index is 0.595. The zero-order valence-electron chi connectivity index (χ0n) is 23.8. The molecule has 0 bridgehead atoms. The summed E-state index contributed by atoms with van der Waals surface area (Å²) in [6.07, 6.45) is 0. The van der Waals surface area contributed by atoms with Crippen molar-refractivity contribution in [2.75, 3.05) is 0 Å². The Balaban J connectivity index is 1.15. The fourth-order valence-electron chi connectivity index (χ4n) is 5.80. The number of rotatable bonds is 4. The number of furan rings is 1. The third kappa shape index (κ3) is 4.55. The maximum Gasteiger partial charge on any atom is 0.164 e. The molecule has 45 heavy (non-hydrogen) atoms. The van der Waals surface area contributed by atoms with Crippen LogP contribution in [0.2, 0.25) is 0 Å². The second-order valence-corrected chi connectivity index (χ2v) is 11.9. The molecule has 0 unspecified atom stereocenters. The molecule has 212 valence electrons. The number of hydrogen-bond acceptors (Lipinski definition) is 6. The monoisotopic (exact) mass is 597 g/mol. The van der Waals surface area contributed by atoms with Gasteiger partial charge in [-0.15, -0.1) is 0 Å². The van der Waals surface area contributed by atoms with Crippen molar-refractivity contribution in [3.05, 3.63) is 140 Å². The van der Waals surface area contributed by atoms with Crippen LogP contribution in [-0.4, -0.2) is 15.0 Å². The summed E-state index contributed by atoms with van der Waals surface area (Å²) in [6, 6.07) is 47.0. The van der Waals surface area contributed by atoms with Crippen molar-refractivity contribution in [2.24, 2.45) is 0 Å². The lowest BCUT2D eigenvalue weighted by molar-refractivity contribution is 0.454. The van der Waals surface area contributed by atoms with Crippen molar-refractivity contribution in [2.45, 2.75) is 9.79 Å². The molecule has 3 heterocycles. The van der Waals surface area contributed by atoms with Crippen molar-refractivity contribution in [1.82, 2.24) is 15.0 Å². The molecule has 6 aromatic carbocycles. The fraction of sp³-hybridized carbons (Fsp3) is 0. The molecule has 0 radical (unpaired) electrons. The van der Waals surface area contributed by atoms with Crippen molar-refractivity contribution in [3.8, 4) is 56.8 Å². The molecule has 0 aliphatic carbocycles. The fourth-order valence-corrected chi connectivity index (χ4v) is 6.79. The van der Waals surface area contributed by atoms with Gasteiger partial charge in [0.05, 0.1) is 9.79 Å².